The Kier molecular flexibility index (Phi) is 12.5. The molecule has 0 atom stereocenters. The molecule has 0 saturated heterocycles. The predicted molar refractivity (Wildman–Crippen MR) is 105 cm³/mol. The van der Waals surface area contributed by atoms with Crippen LogP contribution >= 0.6 is 24.4 Å². The molecule has 0 bridgehead atoms. The van der Waals surface area contributed by atoms with Crippen molar-refractivity contribution in [3.05, 3.63) is 71.5 Å². The molecule has 4 nitrogen and oxygen atoms in total. The van der Waals surface area contributed by atoms with Gasteiger partial charge >= 0.3 is 0 Å². The van der Waals surface area contributed by atoms with Crippen LogP contribution in [0.2, 0.25) is 0 Å². The van der Waals surface area contributed by atoms with Crippen molar-refractivity contribution in [3.63, 3.8) is 0 Å². The Balaban J connectivity index is 0.000000403. The number of para-hydroxylation sites is 2. The first-order chi connectivity index (χ1) is 10.6. The number of benzene rings is 2. The summed E-state index contributed by atoms with van der Waals surface area (Å²) in [7, 11) is 0. The Morgan fingerprint density at radius 2 is 1.00 bits per heavy atom. The van der Waals surface area contributed by atoms with Crippen LogP contribution in [0.4, 0.5) is 11.4 Å². The second-order valence-electron chi connectivity index (χ2n) is 3.69. The number of thiocarbonyl (C=S) groups is 2. The molecular weight excluding hydrogens is 411 g/mol. The van der Waals surface area contributed by atoms with E-state index in [0.717, 1.165) is 11.4 Å². The van der Waals surface area contributed by atoms with Crippen LogP contribution in [0, 0.1) is 0 Å². The van der Waals surface area contributed by atoms with Crippen LogP contribution in [0.3, 0.4) is 0 Å². The number of nitrogens with zero attached hydrogens (tertiary/aromatic N) is 2. The van der Waals surface area contributed by atoms with Crippen LogP contribution in [-0.4, -0.2) is 8.64 Å². The molecule has 0 aliphatic carbocycles. The number of rotatable bonds is 4. The molecule has 0 aromatic heterocycles. The van der Waals surface area contributed by atoms with Gasteiger partial charge in [-0.3, -0.25) is 0 Å². The molecule has 0 amide bonds. The molecule has 0 unspecified atom stereocenters. The first-order valence-corrected chi connectivity index (χ1v) is 7.67. The van der Waals surface area contributed by atoms with Gasteiger partial charge in [-0.25, -0.2) is 0 Å². The average Bonchev–Trinajstić information content (AvgIpc) is 2.53. The minimum atomic E-state index is 0. The Morgan fingerprint density at radius 3 is 1.26 bits per heavy atom. The molecule has 2 aromatic carbocycles. The zero-order valence-corrected chi connectivity index (χ0v) is 15.9. The predicted octanol–water partition coefficient (Wildman–Crippen LogP) is 4.05. The van der Waals surface area contributed by atoms with Crippen LogP contribution in [0.5, 0.6) is 0 Å². The van der Waals surface area contributed by atoms with Crippen molar-refractivity contribution in [1.29, 1.82) is 0 Å². The molecule has 0 aliphatic heterocycles. The van der Waals surface area contributed by atoms with Gasteiger partial charge in [0, 0.05) is 16.5 Å². The second kappa shape index (κ2) is 13.2. The molecule has 0 radical (unpaired) electrons. The average molecular weight is 423 g/mol. The monoisotopic (exact) mass is 422 g/mol. The van der Waals surface area contributed by atoms with E-state index in [1.54, 1.807) is 0 Å². The van der Waals surface area contributed by atoms with E-state index in [1.165, 1.54) is 0 Å². The van der Waals surface area contributed by atoms with Crippen molar-refractivity contribution in [1.82, 2.24) is 10.9 Å². The third-order valence-electron chi connectivity index (χ3n) is 2.06. The summed E-state index contributed by atoms with van der Waals surface area (Å²) in [6.45, 7) is 0. The van der Waals surface area contributed by atoms with E-state index in [0.29, 0.717) is 0 Å². The largest absolute Gasteiger partial charge is 0.599 e. The summed E-state index contributed by atoms with van der Waals surface area (Å²) in [6, 6.07) is 18.9. The Morgan fingerprint density at radius 1 is 0.696 bits per heavy atom. The number of nitrogens with one attached hydrogen (secondary N) is 2. The number of hydrogen-bond donors (Lipinski definition) is 2. The summed E-state index contributed by atoms with van der Waals surface area (Å²) in [5, 5.41) is 0. The maximum atomic E-state index is 4.60. The summed E-state index contributed by atoms with van der Waals surface area (Å²) in [5.74, 6) is 0. The van der Waals surface area contributed by atoms with Gasteiger partial charge in [0.1, 0.15) is 0 Å². The molecule has 0 fully saturated rings. The van der Waals surface area contributed by atoms with E-state index < -0.39 is 0 Å². The summed E-state index contributed by atoms with van der Waals surface area (Å²) in [6.07, 6.45) is 0. The fraction of sp³-hybridized carbons (Fsp3) is 0. The van der Waals surface area contributed by atoms with Gasteiger partial charge in [-0.2, -0.15) is 0 Å². The number of hydrogen-bond acceptors (Lipinski definition) is 4. The van der Waals surface area contributed by atoms with Crippen molar-refractivity contribution >= 4 is 69.7 Å². The van der Waals surface area contributed by atoms with E-state index in [1.807, 2.05) is 60.7 Å². The van der Waals surface area contributed by atoms with Crippen LogP contribution in [0.1, 0.15) is 0 Å². The van der Waals surface area contributed by atoms with Gasteiger partial charge in [-0.15, -0.1) is 11.4 Å². The van der Waals surface area contributed by atoms with Crippen molar-refractivity contribution in [2.24, 2.45) is 0 Å². The van der Waals surface area contributed by atoms with Crippen molar-refractivity contribution in [2.75, 3.05) is 0 Å². The summed E-state index contributed by atoms with van der Waals surface area (Å²) in [4.78, 5) is 0. The summed E-state index contributed by atoms with van der Waals surface area (Å²) in [5.41, 5.74) is 14.5. The molecule has 2 aromatic rings. The van der Waals surface area contributed by atoms with Gasteiger partial charge in [0.15, 0.2) is 0 Å². The molecule has 126 valence electrons. The molecular formula is C14H12N4NiS4-4. The van der Waals surface area contributed by atoms with Gasteiger partial charge in [0.2, 0.25) is 0 Å². The van der Waals surface area contributed by atoms with Crippen molar-refractivity contribution in [2.45, 2.75) is 0 Å². The third-order valence-corrected chi connectivity index (χ3v) is 2.43. The fourth-order valence-electron chi connectivity index (χ4n) is 1.23. The normalized spacial score (nSPS) is 8.35. The van der Waals surface area contributed by atoms with E-state index in [4.69, 9.17) is 0 Å². The molecule has 0 heterocycles. The third kappa shape index (κ3) is 11.9. The van der Waals surface area contributed by atoms with Gasteiger partial charge < -0.3 is 71.4 Å². The van der Waals surface area contributed by atoms with Crippen molar-refractivity contribution in [3.8, 4) is 0 Å². The Hall–Kier alpha value is -1.25. The van der Waals surface area contributed by atoms with E-state index in [-0.39, 0.29) is 25.1 Å². The summed E-state index contributed by atoms with van der Waals surface area (Å²) < 4.78 is 0.516. The molecule has 2 rings (SSSR count). The second-order valence-corrected chi connectivity index (χ2v) is 5.84. The molecule has 0 aliphatic rings. The zero-order valence-electron chi connectivity index (χ0n) is 11.6. The Bertz CT molecular complexity index is 530. The van der Waals surface area contributed by atoms with Crippen molar-refractivity contribution < 1.29 is 16.5 Å². The maximum Gasteiger partial charge on any atom is 0 e. The topological polar surface area (TPSA) is 52.3 Å². The smallest absolute Gasteiger partial charge is 0 e. The minimum Gasteiger partial charge on any atom is -0.599 e. The van der Waals surface area contributed by atoms with Crippen LogP contribution < -0.4 is 10.9 Å². The van der Waals surface area contributed by atoms with E-state index in [9.17, 15) is 0 Å². The SMILES string of the molecule is S=C([S-])N[N-]c1ccccc1.S=C([S-])N[N-]c1ccccc1.[Ni]. The first-order valence-electron chi connectivity index (χ1n) is 6.03. The van der Waals surface area contributed by atoms with E-state index in [2.05, 4.69) is 71.4 Å². The van der Waals surface area contributed by atoms with Gasteiger partial charge in [-0.1, -0.05) is 69.3 Å². The molecule has 2 N–H and O–H groups in total. The summed E-state index contributed by atoms with van der Waals surface area (Å²) >= 11 is 18.4. The van der Waals surface area contributed by atoms with Gasteiger partial charge in [0.25, 0.3) is 0 Å². The van der Waals surface area contributed by atoms with Gasteiger partial charge in [-0.05, 0) is 0 Å². The van der Waals surface area contributed by atoms with Crippen LogP contribution in [0.25, 0.3) is 10.9 Å². The quantitative estimate of drug-likeness (QED) is 0.335. The molecule has 0 saturated carbocycles. The van der Waals surface area contributed by atoms with Crippen LogP contribution in [-0.2, 0) is 41.7 Å². The van der Waals surface area contributed by atoms with Gasteiger partial charge in [0.05, 0.1) is 0 Å². The van der Waals surface area contributed by atoms with Crippen LogP contribution in [0.15, 0.2) is 60.7 Å². The van der Waals surface area contributed by atoms with E-state index >= 15 is 0 Å². The molecule has 9 heteroatoms. The molecule has 0 spiro atoms. The first kappa shape index (κ1) is 21.8. The maximum absolute atomic E-state index is 4.60. The minimum absolute atomic E-state index is 0. The fourth-order valence-corrected chi connectivity index (χ4v) is 1.41. The molecule has 23 heavy (non-hydrogen) atoms. The standard InChI is InChI=1S/2C7H7N2S2.Ni/c2*10-7(11)9-8-6-4-2-1-3-5-6;/h2*1-5H,(H2,9,10,11);/q2*-1;/p-2. The zero-order chi connectivity index (χ0) is 16.2. The Labute approximate surface area is 167 Å².